The summed E-state index contributed by atoms with van der Waals surface area (Å²) in [6.07, 6.45) is -2.83. The van der Waals surface area contributed by atoms with E-state index in [9.17, 15) is 14.7 Å². The first-order valence-electron chi connectivity index (χ1n) is 7.03. The first kappa shape index (κ1) is 15.1. The highest BCUT2D eigenvalue weighted by Crippen LogP contribution is 2.28. The minimum absolute atomic E-state index is 0.00236. The van der Waals surface area contributed by atoms with Gasteiger partial charge in [0.15, 0.2) is 0 Å². The second-order valence-corrected chi connectivity index (χ2v) is 5.30. The molecule has 0 aliphatic carbocycles. The fraction of sp³-hybridized carbons (Fsp3) is 0.429. The summed E-state index contributed by atoms with van der Waals surface area (Å²) in [6, 6.07) is 6.77. The quantitative estimate of drug-likeness (QED) is 0.386. The number of aliphatic hydroxyl groups is 1. The average Bonchev–Trinajstić information content (AvgIpc) is 2.93. The molecule has 2 aliphatic heterocycles. The molecule has 0 bridgehead atoms. The third kappa shape index (κ3) is 2.79. The molecule has 2 aliphatic rings. The summed E-state index contributed by atoms with van der Waals surface area (Å²) in [7, 11) is 0. The molecular formula is C14H14N4O5. The predicted molar refractivity (Wildman–Crippen MR) is 76.4 cm³/mol. The Labute approximate surface area is 131 Å². The molecule has 1 aromatic carbocycles. The lowest BCUT2D eigenvalue weighted by Crippen LogP contribution is -2.61. The van der Waals surface area contributed by atoms with Crippen LogP contribution >= 0.6 is 0 Å². The third-order valence-corrected chi connectivity index (χ3v) is 3.96. The van der Waals surface area contributed by atoms with Crippen LogP contribution in [0.5, 0.6) is 0 Å². The van der Waals surface area contributed by atoms with Gasteiger partial charge in [-0.2, -0.15) is 0 Å². The molecule has 1 aromatic rings. The topological polar surface area (TPSA) is 125 Å². The van der Waals surface area contributed by atoms with Crippen LogP contribution in [0, 0.1) is 0 Å². The van der Waals surface area contributed by atoms with Crippen molar-refractivity contribution in [2.45, 2.75) is 24.3 Å². The number of nitrogens with zero attached hydrogens (tertiary/aromatic N) is 4. The monoisotopic (exact) mass is 318 g/mol. The molecule has 0 aromatic heterocycles. The molecule has 1 amide bonds. The van der Waals surface area contributed by atoms with Crippen molar-refractivity contribution in [1.82, 2.24) is 4.90 Å². The molecule has 23 heavy (non-hydrogen) atoms. The van der Waals surface area contributed by atoms with Crippen LogP contribution in [0.25, 0.3) is 10.4 Å². The number of benzene rings is 1. The lowest BCUT2D eigenvalue weighted by atomic mass is 9.93. The van der Waals surface area contributed by atoms with Gasteiger partial charge < -0.3 is 14.6 Å². The number of esters is 1. The second-order valence-electron chi connectivity index (χ2n) is 5.30. The molecule has 120 valence electrons. The zero-order chi connectivity index (χ0) is 16.4. The zero-order valence-corrected chi connectivity index (χ0v) is 12.0. The number of azide groups is 1. The first-order valence-corrected chi connectivity index (χ1v) is 7.03. The number of aliphatic hydroxyl groups excluding tert-OH is 1. The van der Waals surface area contributed by atoms with Crippen molar-refractivity contribution in [2.75, 3.05) is 13.2 Å². The summed E-state index contributed by atoms with van der Waals surface area (Å²) in [5.74, 6) is -0.633. The molecule has 0 spiro atoms. The Hall–Kier alpha value is -2.77. The normalized spacial score (nSPS) is 29.3. The summed E-state index contributed by atoms with van der Waals surface area (Å²) >= 11 is 0. The number of rotatable bonds is 3. The van der Waals surface area contributed by atoms with Gasteiger partial charge in [-0.15, -0.1) is 0 Å². The lowest BCUT2D eigenvalue weighted by molar-refractivity contribution is -0.0756. The van der Waals surface area contributed by atoms with Crippen molar-refractivity contribution in [2.24, 2.45) is 5.11 Å². The molecule has 2 saturated heterocycles. The predicted octanol–water partition coefficient (Wildman–Crippen LogP) is 1.09. The molecule has 0 radical (unpaired) electrons. The number of fused-ring (bicyclic) bond motifs is 1. The molecule has 9 nitrogen and oxygen atoms in total. The molecule has 9 heteroatoms. The van der Waals surface area contributed by atoms with Crippen molar-refractivity contribution in [3.63, 3.8) is 0 Å². The van der Waals surface area contributed by atoms with Crippen molar-refractivity contribution in [3.8, 4) is 0 Å². The maximum Gasteiger partial charge on any atom is 0.410 e. The van der Waals surface area contributed by atoms with E-state index in [0.29, 0.717) is 5.56 Å². The average molecular weight is 318 g/mol. The number of carbonyl (C=O) groups is 2. The van der Waals surface area contributed by atoms with Gasteiger partial charge in [-0.1, -0.05) is 23.3 Å². The van der Waals surface area contributed by atoms with Crippen LogP contribution < -0.4 is 0 Å². The molecular weight excluding hydrogens is 304 g/mol. The Kier molecular flexibility index (Phi) is 4.05. The Morgan fingerprint density at radius 1 is 1.43 bits per heavy atom. The summed E-state index contributed by atoms with van der Waals surface area (Å²) in [5.41, 5.74) is 9.00. The van der Waals surface area contributed by atoms with E-state index in [1.54, 1.807) is 30.3 Å². The van der Waals surface area contributed by atoms with Gasteiger partial charge in [-0.3, -0.25) is 4.90 Å². The van der Waals surface area contributed by atoms with Gasteiger partial charge >= 0.3 is 12.1 Å². The molecule has 0 unspecified atom stereocenters. The van der Waals surface area contributed by atoms with Crippen LogP contribution in [-0.2, 0) is 9.47 Å². The van der Waals surface area contributed by atoms with E-state index >= 15 is 0 Å². The maximum absolute atomic E-state index is 12.2. The minimum Gasteiger partial charge on any atom is -0.455 e. The fourth-order valence-corrected chi connectivity index (χ4v) is 2.79. The summed E-state index contributed by atoms with van der Waals surface area (Å²) in [6.45, 7) is 0.0275. The maximum atomic E-state index is 12.2. The van der Waals surface area contributed by atoms with Crippen LogP contribution in [0.3, 0.4) is 0 Å². The molecule has 1 N–H and O–H groups in total. The van der Waals surface area contributed by atoms with Gasteiger partial charge in [0.25, 0.3) is 0 Å². The Bertz CT molecular complexity index is 660. The molecule has 4 atom stereocenters. The van der Waals surface area contributed by atoms with E-state index in [-0.39, 0.29) is 13.2 Å². The highest BCUT2D eigenvalue weighted by Gasteiger charge is 2.50. The van der Waals surface area contributed by atoms with E-state index in [0.717, 1.165) is 0 Å². The first-order chi connectivity index (χ1) is 11.1. The van der Waals surface area contributed by atoms with Crippen molar-refractivity contribution < 1.29 is 24.2 Å². The van der Waals surface area contributed by atoms with Crippen LogP contribution in [-0.4, -0.2) is 59.5 Å². The van der Waals surface area contributed by atoms with Gasteiger partial charge in [0.1, 0.15) is 18.8 Å². The number of hydrogen-bond acceptors (Lipinski definition) is 6. The van der Waals surface area contributed by atoms with E-state index < -0.39 is 36.4 Å². The van der Waals surface area contributed by atoms with Crippen molar-refractivity contribution in [1.29, 1.82) is 0 Å². The van der Waals surface area contributed by atoms with Crippen LogP contribution in [0.1, 0.15) is 10.4 Å². The highest BCUT2D eigenvalue weighted by atomic mass is 16.6. The smallest absolute Gasteiger partial charge is 0.410 e. The molecule has 3 rings (SSSR count). The van der Waals surface area contributed by atoms with E-state index in [2.05, 4.69) is 10.0 Å². The number of hydrogen-bond donors (Lipinski definition) is 1. The van der Waals surface area contributed by atoms with Gasteiger partial charge in [0, 0.05) is 11.5 Å². The van der Waals surface area contributed by atoms with Gasteiger partial charge in [-0.25, -0.2) is 9.59 Å². The van der Waals surface area contributed by atoms with E-state index in [4.69, 9.17) is 15.0 Å². The number of ether oxygens (including phenoxy) is 2. The largest absolute Gasteiger partial charge is 0.455 e. The Balaban J connectivity index is 1.82. The molecule has 2 fully saturated rings. The second kappa shape index (κ2) is 6.15. The van der Waals surface area contributed by atoms with E-state index in [1.807, 2.05) is 0 Å². The van der Waals surface area contributed by atoms with Crippen LogP contribution in [0.15, 0.2) is 35.4 Å². The number of amides is 1. The SMILES string of the molecule is [N-]=[N+]=N[C@H]1CN2C(=O)OC[C@@H]2[C@@H](O)[C@@H]1OC(=O)c1ccccc1. The highest BCUT2D eigenvalue weighted by molar-refractivity contribution is 5.89. The summed E-state index contributed by atoms with van der Waals surface area (Å²) in [4.78, 5) is 27.8. The summed E-state index contributed by atoms with van der Waals surface area (Å²) < 4.78 is 10.2. The zero-order valence-electron chi connectivity index (χ0n) is 12.0. The minimum atomic E-state index is -1.20. The summed E-state index contributed by atoms with van der Waals surface area (Å²) in [5, 5.41) is 14.0. The van der Waals surface area contributed by atoms with Gasteiger partial charge in [0.05, 0.1) is 17.6 Å². The standard InChI is InChI=1S/C14H14N4O5/c15-17-16-9-6-18-10(7-22-14(18)21)11(19)12(9)23-13(20)8-4-2-1-3-5-8/h1-5,9-12,19H,6-7H2/t9-,10+,11+,12+/m0/s1. The van der Waals surface area contributed by atoms with Crippen LogP contribution in [0.4, 0.5) is 4.79 Å². The van der Waals surface area contributed by atoms with E-state index in [1.165, 1.54) is 4.90 Å². The van der Waals surface area contributed by atoms with Gasteiger partial charge in [-0.05, 0) is 17.7 Å². The van der Waals surface area contributed by atoms with Crippen molar-refractivity contribution in [3.05, 3.63) is 46.3 Å². The lowest BCUT2D eigenvalue weighted by Gasteiger charge is -2.40. The molecule has 0 saturated carbocycles. The van der Waals surface area contributed by atoms with Gasteiger partial charge in [0.2, 0.25) is 0 Å². The van der Waals surface area contributed by atoms with Crippen LogP contribution in [0.2, 0.25) is 0 Å². The Morgan fingerprint density at radius 3 is 2.87 bits per heavy atom. The third-order valence-electron chi connectivity index (χ3n) is 3.96. The number of carbonyl (C=O) groups excluding carboxylic acids is 2. The Morgan fingerprint density at radius 2 is 2.17 bits per heavy atom. The number of piperidine rings is 1. The van der Waals surface area contributed by atoms with Crippen molar-refractivity contribution >= 4 is 12.1 Å². The number of cyclic esters (lactones) is 1. The fourth-order valence-electron chi connectivity index (χ4n) is 2.79. The molecule has 2 heterocycles.